The molecule has 0 radical (unpaired) electrons. The Morgan fingerprint density at radius 2 is 2.06 bits per heavy atom. The number of ether oxygens (including phenoxy) is 1. The second-order valence-electron chi connectivity index (χ2n) is 4.33. The summed E-state index contributed by atoms with van der Waals surface area (Å²) in [5.74, 6) is -0.170. The van der Waals surface area contributed by atoms with E-state index in [1.165, 1.54) is 13.2 Å². The van der Waals surface area contributed by atoms with E-state index in [0.29, 0.717) is 0 Å². The van der Waals surface area contributed by atoms with Crippen LogP contribution in [0, 0.1) is 5.82 Å². The van der Waals surface area contributed by atoms with E-state index in [0.717, 1.165) is 37.5 Å². The van der Waals surface area contributed by atoms with Crippen molar-refractivity contribution in [2.45, 2.75) is 31.1 Å². The molecule has 16 heavy (non-hydrogen) atoms. The third kappa shape index (κ3) is 1.70. The first-order valence-electron chi connectivity index (χ1n) is 5.52. The van der Waals surface area contributed by atoms with Gasteiger partial charge in [-0.15, -0.1) is 0 Å². The average Bonchev–Trinajstić information content (AvgIpc) is 2.78. The molecule has 0 saturated heterocycles. The van der Waals surface area contributed by atoms with Crippen LogP contribution in [0.25, 0.3) is 0 Å². The van der Waals surface area contributed by atoms with Crippen molar-refractivity contribution < 1.29 is 13.9 Å². The molecule has 1 saturated carbocycles. The lowest BCUT2D eigenvalue weighted by molar-refractivity contribution is -0.112. The van der Waals surface area contributed by atoms with Gasteiger partial charge < -0.3 is 9.53 Å². The van der Waals surface area contributed by atoms with Crippen molar-refractivity contribution in [3.05, 3.63) is 29.6 Å². The van der Waals surface area contributed by atoms with E-state index in [1.54, 1.807) is 12.1 Å². The maximum absolute atomic E-state index is 13.6. The van der Waals surface area contributed by atoms with Crippen LogP contribution < -0.4 is 4.74 Å². The zero-order valence-corrected chi connectivity index (χ0v) is 9.33. The fourth-order valence-electron chi connectivity index (χ4n) is 2.46. The first kappa shape index (κ1) is 11.1. The van der Waals surface area contributed by atoms with Gasteiger partial charge >= 0.3 is 0 Å². The molecule has 0 N–H and O–H groups in total. The number of carbonyl (C=O) groups excluding carboxylic acids is 1. The molecule has 0 aliphatic heterocycles. The Morgan fingerprint density at radius 1 is 1.38 bits per heavy atom. The summed E-state index contributed by atoms with van der Waals surface area (Å²) in [6, 6.07) is 4.81. The number of benzene rings is 1. The Kier molecular flexibility index (Phi) is 2.95. The number of hydrogen-bond donors (Lipinski definition) is 0. The molecule has 2 rings (SSSR count). The average molecular weight is 222 g/mol. The summed E-state index contributed by atoms with van der Waals surface area (Å²) in [5.41, 5.74) is 0.311. The molecule has 0 heterocycles. The Bertz CT molecular complexity index is 395. The third-order valence-electron chi connectivity index (χ3n) is 3.45. The smallest absolute Gasteiger partial charge is 0.165 e. The van der Waals surface area contributed by atoms with Gasteiger partial charge in [-0.2, -0.15) is 0 Å². The quantitative estimate of drug-likeness (QED) is 0.735. The van der Waals surface area contributed by atoms with Gasteiger partial charge in [-0.3, -0.25) is 0 Å². The highest BCUT2D eigenvalue weighted by Crippen LogP contribution is 2.40. The fraction of sp³-hybridized carbons (Fsp3) is 0.462. The van der Waals surface area contributed by atoms with Gasteiger partial charge in [0.25, 0.3) is 0 Å². The second-order valence-corrected chi connectivity index (χ2v) is 4.33. The number of carbonyl (C=O) groups is 1. The van der Waals surface area contributed by atoms with E-state index in [-0.39, 0.29) is 5.75 Å². The van der Waals surface area contributed by atoms with Crippen LogP contribution in [0.2, 0.25) is 0 Å². The lowest BCUT2D eigenvalue weighted by atomic mass is 9.80. The highest BCUT2D eigenvalue weighted by molar-refractivity contribution is 5.69. The summed E-state index contributed by atoms with van der Waals surface area (Å²) in [6.07, 6.45) is 4.69. The highest BCUT2D eigenvalue weighted by Gasteiger charge is 2.35. The van der Waals surface area contributed by atoms with Gasteiger partial charge in [-0.05, 0) is 30.5 Å². The Hall–Kier alpha value is -1.38. The van der Waals surface area contributed by atoms with E-state index in [4.69, 9.17) is 4.74 Å². The molecule has 2 nitrogen and oxygen atoms in total. The van der Waals surface area contributed by atoms with Crippen molar-refractivity contribution >= 4 is 6.29 Å². The summed E-state index contributed by atoms with van der Waals surface area (Å²) in [4.78, 5) is 11.2. The van der Waals surface area contributed by atoms with Crippen LogP contribution >= 0.6 is 0 Å². The maximum Gasteiger partial charge on any atom is 0.165 e. The zero-order valence-electron chi connectivity index (χ0n) is 9.33. The predicted molar refractivity (Wildman–Crippen MR) is 59.2 cm³/mol. The van der Waals surface area contributed by atoms with Gasteiger partial charge in [0.05, 0.1) is 12.5 Å². The van der Waals surface area contributed by atoms with Gasteiger partial charge in [0.1, 0.15) is 6.29 Å². The van der Waals surface area contributed by atoms with Crippen molar-refractivity contribution in [1.29, 1.82) is 0 Å². The molecule has 1 aromatic rings. The van der Waals surface area contributed by atoms with Crippen LogP contribution in [-0.4, -0.2) is 13.4 Å². The van der Waals surface area contributed by atoms with E-state index < -0.39 is 11.2 Å². The molecule has 0 aromatic heterocycles. The number of halogens is 1. The summed E-state index contributed by atoms with van der Waals surface area (Å²) in [6.45, 7) is 0. The van der Waals surface area contributed by atoms with Crippen molar-refractivity contribution in [2.24, 2.45) is 0 Å². The van der Waals surface area contributed by atoms with E-state index >= 15 is 0 Å². The molecule has 1 aliphatic carbocycles. The van der Waals surface area contributed by atoms with Gasteiger partial charge in [-0.1, -0.05) is 18.9 Å². The van der Waals surface area contributed by atoms with Gasteiger partial charge in [0.15, 0.2) is 11.6 Å². The number of aldehydes is 1. The summed E-state index contributed by atoms with van der Waals surface area (Å²) >= 11 is 0. The molecule has 0 bridgehead atoms. The highest BCUT2D eigenvalue weighted by atomic mass is 19.1. The van der Waals surface area contributed by atoms with Crippen molar-refractivity contribution in [1.82, 2.24) is 0 Å². The largest absolute Gasteiger partial charge is 0.494 e. The summed E-state index contributed by atoms with van der Waals surface area (Å²) in [7, 11) is 1.43. The first-order valence-corrected chi connectivity index (χ1v) is 5.52. The number of rotatable bonds is 3. The number of methoxy groups -OCH3 is 1. The molecule has 0 spiro atoms. The SMILES string of the molecule is COc1ccc(C2(C=O)CCCC2)cc1F. The minimum atomic E-state index is -0.465. The third-order valence-corrected chi connectivity index (χ3v) is 3.45. The second kappa shape index (κ2) is 4.24. The van der Waals surface area contributed by atoms with Gasteiger partial charge in [-0.25, -0.2) is 4.39 Å². The minimum absolute atomic E-state index is 0.225. The molecule has 1 fully saturated rings. The predicted octanol–water partition coefficient (Wildman–Crippen LogP) is 2.85. The molecule has 0 amide bonds. The van der Waals surface area contributed by atoms with Crippen LogP contribution in [0.3, 0.4) is 0 Å². The monoisotopic (exact) mass is 222 g/mol. The molecule has 1 aliphatic rings. The van der Waals surface area contributed by atoms with Crippen LogP contribution in [0.4, 0.5) is 4.39 Å². The van der Waals surface area contributed by atoms with Crippen molar-refractivity contribution in [3.63, 3.8) is 0 Å². The Balaban J connectivity index is 2.39. The van der Waals surface area contributed by atoms with Crippen LogP contribution in [-0.2, 0) is 10.2 Å². The topological polar surface area (TPSA) is 26.3 Å². The number of hydrogen-bond acceptors (Lipinski definition) is 2. The van der Waals surface area contributed by atoms with Gasteiger partial charge in [0.2, 0.25) is 0 Å². The van der Waals surface area contributed by atoms with Crippen LogP contribution in [0.1, 0.15) is 31.2 Å². The molecular formula is C13H15FO2. The standard InChI is InChI=1S/C13H15FO2/c1-16-12-5-4-10(8-11(12)14)13(9-15)6-2-3-7-13/h4-5,8-9H,2-3,6-7H2,1H3. The van der Waals surface area contributed by atoms with Crippen LogP contribution in [0.15, 0.2) is 18.2 Å². The van der Waals surface area contributed by atoms with Crippen LogP contribution in [0.5, 0.6) is 5.75 Å². The molecular weight excluding hydrogens is 207 g/mol. The fourth-order valence-corrected chi connectivity index (χ4v) is 2.46. The zero-order chi connectivity index (χ0) is 11.6. The van der Waals surface area contributed by atoms with Crippen molar-refractivity contribution in [3.8, 4) is 5.75 Å². The normalized spacial score (nSPS) is 18.4. The van der Waals surface area contributed by atoms with E-state index in [1.807, 2.05) is 0 Å². The first-order chi connectivity index (χ1) is 7.72. The van der Waals surface area contributed by atoms with Gasteiger partial charge in [0, 0.05) is 0 Å². The summed E-state index contributed by atoms with van der Waals surface area (Å²) < 4.78 is 18.4. The lowest BCUT2D eigenvalue weighted by Crippen LogP contribution is -2.23. The van der Waals surface area contributed by atoms with E-state index in [9.17, 15) is 9.18 Å². The minimum Gasteiger partial charge on any atom is -0.494 e. The Morgan fingerprint density at radius 3 is 2.56 bits per heavy atom. The summed E-state index contributed by atoms with van der Waals surface area (Å²) in [5, 5.41) is 0. The molecule has 86 valence electrons. The molecule has 1 aromatic carbocycles. The van der Waals surface area contributed by atoms with Crippen molar-refractivity contribution in [2.75, 3.05) is 7.11 Å². The molecule has 0 unspecified atom stereocenters. The lowest BCUT2D eigenvalue weighted by Gasteiger charge is -2.22. The molecule has 3 heteroatoms. The maximum atomic E-state index is 13.6. The molecule has 0 atom stereocenters. The van der Waals surface area contributed by atoms with E-state index in [2.05, 4.69) is 0 Å². The Labute approximate surface area is 94.4 Å².